The predicted octanol–water partition coefficient (Wildman–Crippen LogP) is 2.06. The molecule has 0 spiro atoms. The molecule has 4 nitrogen and oxygen atoms in total. The van der Waals surface area contributed by atoms with Gasteiger partial charge >= 0.3 is 0 Å². The first-order valence-corrected chi connectivity index (χ1v) is 9.64. The average molecular weight is 321 g/mol. The molecule has 6 aliphatic rings. The highest BCUT2D eigenvalue weighted by molar-refractivity contribution is 5.07. The Kier molecular flexibility index (Phi) is 3.67. The van der Waals surface area contributed by atoms with E-state index in [0.717, 1.165) is 24.2 Å². The van der Waals surface area contributed by atoms with Crippen LogP contribution < -0.4 is 0 Å². The molecule has 0 aromatic rings. The monoisotopic (exact) mass is 320 g/mol. The fraction of sp³-hybridized carbons (Fsp3) is 1.00. The van der Waals surface area contributed by atoms with E-state index in [1.807, 2.05) is 0 Å². The van der Waals surface area contributed by atoms with Gasteiger partial charge in [0, 0.05) is 61.4 Å². The van der Waals surface area contributed by atoms with Crippen LogP contribution in [-0.4, -0.2) is 87.7 Å². The zero-order chi connectivity index (χ0) is 16.6. The third-order valence-electron chi connectivity index (χ3n) is 6.49. The molecule has 6 fully saturated rings. The van der Waals surface area contributed by atoms with Gasteiger partial charge < -0.3 is 0 Å². The van der Waals surface area contributed by atoms with Crippen molar-refractivity contribution in [3.8, 4) is 0 Å². The van der Waals surface area contributed by atoms with Gasteiger partial charge in [0.25, 0.3) is 0 Å². The molecule has 4 unspecified atom stereocenters. The smallest absolute Gasteiger partial charge is 0.0508 e. The van der Waals surface area contributed by atoms with Gasteiger partial charge in [0.15, 0.2) is 0 Å². The highest BCUT2D eigenvalue weighted by atomic mass is 15.5. The van der Waals surface area contributed by atoms with Crippen molar-refractivity contribution in [1.29, 1.82) is 0 Å². The minimum atomic E-state index is 0.347. The molecule has 6 saturated heterocycles. The van der Waals surface area contributed by atoms with Crippen LogP contribution in [0.15, 0.2) is 0 Å². The summed E-state index contributed by atoms with van der Waals surface area (Å²) in [5.74, 6) is 0. The van der Waals surface area contributed by atoms with E-state index < -0.39 is 0 Å². The summed E-state index contributed by atoms with van der Waals surface area (Å²) in [4.78, 5) is 11.0. The van der Waals surface area contributed by atoms with Crippen molar-refractivity contribution in [2.75, 3.05) is 32.8 Å². The van der Waals surface area contributed by atoms with Crippen molar-refractivity contribution in [3.05, 3.63) is 0 Å². The van der Waals surface area contributed by atoms with Gasteiger partial charge in [0.2, 0.25) is 0 Å². The van der Waals surface area contributed by atoms with Crippen LogP contribution in [0.1, 0.15) is 54.4 Å². The fourth-order valence-corrected chi connectivity index (χ4v) is 6.10. The predicted molar refractivity (Wildman–Crippen MR) is 95.6 cm³/mol. The minimum absolute atomic E-state index is 0.347. The second kappa shape index (κ2) is 5.17. The highest BCUT2D eigenvalue weighted by Gasteiger charge is 2.51. The number of piperidine rings is 2. The Bertz CT molecular complexity index is 397. The lowest BCUT2D eigenvalue weighted by molar-refractivity contribution is -0.152. The van der Waals surface area contributed by atoms with E-state index in [9.17, 15) is 0 Å². The van der Waals surface area contributed by atoms with Crippen molar-refractivity contribution in [2.45, 2.75) is 89.6 Å². The van der Waals surface area contributed by atoms with Crippen LogP contribution in [0.2, 0.25) is 0 Å². The number of piperazine rings is 2. The van der Waals surface area contributed by atoms with Gasteiger partial charge in [-0.15, -0.1) is 0 Å². The van der Waals surface area contributed by atoms with Crippen LogP contribution in [0, 0.1) is 0 Å². The third-order valence-corrected chi connectivity index (χ3v) is 6.49. The molecule has 23 heavy (non-hydrogen) atoms. The molecule has 4 bridgehead atoms. The topological polar surface area (TPSA) is 13.0 Å². The summed E-state index contributed by atoms with van der Waals surface area (Å²) in [5, 5.41) is 0. The van der Waals surface area contributed by atoms with Crippen LogP contribution >= 0.6 is 0 Å². The lowest BCUT2D eigenvalue weighted by Crippen LogP contribution is -2.76. The van der Waals surface area contributed by atoms with Crippen molar-refractivity contribution >= 4 is 0 Å². The molecule has 4 heteroatoms. The minimum Gasteiger partial charge on any atom is -0.290 e. The summed E-state index contributed by atoms with van der Waals surface area (Å²) in [6.45, 7) is 20.6. The Morgan fingerprint density at radius 1 is 0.609 bits per heavy atom. The number of fused-ring (bicyclic) bond motifs is 4. The molecule has 6 aliphatic heterocycles. The number of rotatable bonds is 2. The summed E-state index contributed by atoms with van der Waals surface area (Å²) in [6.07, 6.45) is 2.85. The van der Waals surface area contributed by atoms with Gasteiger partial charge in [-0.05, 0) is 54.4 Å². The van der Waals surface area contributed by atoms with Gasteiger partial charge in [-0.2, -0.15) is 0 Å². The van der Waals surface area contributed by atoms with Crippen molar-refractivity contribution in [2.24, 2.45) is 0 Å². The SMILES string of the molecule is CC(C)(C)N1C2CC1CN(CN1CC3CC(C1)N3C(C)(C)C)C2. The van der Waals surface area contributed by atoms with E-state index in [4.69, 9.17) is 0 Å². The molecule has 0 amide bonds. The molecule has 0 N–H and O–H groups in total. The molecule has 0 radical (unpaired) electrons. The van der Waals surface area contributed by atoms with E-state index in [1.54, 1.807) is 0 Å². The Morgan fingerprint density at radius 2 is 0.913 bits per heavy atom. The Balaban J connectivity index is 1.30. The second-order valence-corrected chi connectivity index (χ2v) is 10.5. The van der Waals surface area contributed by atoms with E-state index in [2.05, 4.69) is 61.1 Å². The Morgan fingerprint density at radius 3 is 1.17 bits per heavy atom. The van der Waals surface area contributed by atoms with Crippen LogP contribution in [-0.2, 0) is 0 Å². The summed E-state index contributed by atoms with van der Waals surface area (Å²) in [7, 11) is 0. The summed E-state index contributed by atoms with van der Waals surface area (Å²) >= 11 is 0. The summed E-state index contributed by atoms with van der Waals surface area (Å²) in [6, 6.07) is 3.22. The van der Waals surface area contributed by atoms with Crippen LogP contribution in [0.3, 0.4) is 0 Å². The molecule has 132 valence electrons. The standard InChI is InChI=1S/C19H36N4/c1-18(2,3)22-14-7-15(22)10-20(9-14)13-21-11-16-8-17(12-21)23(16)19(4,5)6/h14-17H,7-13H2,1-6H3. The maximum Gasteiger partial charge on any atom is 0.0508 e. The van der Waals surface area contributed by atoms with Gasteiger partial charge in [-0.1, -0.05) is 0 Å². The molecule has 4 atom stereocenters. The first kappa shape index (κ1) is 16.3. The largest absolute Gasteiger partial charge is 0.290 e. The van der Waals surface area contributed by atoms with E-state index in [-0.39, 0.29) is 0 Å². The first-order chi connectivity index (χ1) is 10.6. The molecule has 0 aromatic carbocycles. The molecule has 6 heterocycles. The van der Waals surface area contributed by atoms with Gasteiger partial charge in [0.1, 0.15) is 0 Å². The first-order valence-electron chi connectivity index (χ1n) is 9.64. The summed E-state index contributed by atoms with van der Waals surface area (Å²) < 4.78 is 0. The lowest BCUT2D eigenvalue weighted by atomic mass is 9.81. The van der Waals surface area contributed by atoms with Crippen molar-refractivity contribution in [3.63, 3.8) is 0 Å². The van der Waals surface area contributed by atoms with E-state index in [0.29, 0.717) is 11.1 Å². The van der Waals surface area contributed by atoms with Crippen molar-refractivity contribution in [1.82, 2.24) is 19.6 Å². The zero-order valence-corrected chi connectivity index (χ0v) is 16.0. The second-order valence-electron chi connectivity index (χ2n) is 10.5. The maximum absolute atomic E-state index is 2.76. The molecular formula is C19H36N4. The quantitative estimate of drug-likeness (QED) is 0.772. The Hall–Kier alpha value is -0.160. The van der Waals surface area contributed by atoms with Crippen LogP contribution in [0.5, 0.6) is 0 Å². The molecular weight excluding hydrogens is 284 g/mol. The van der Waals surface area contributed by atoms with Gasteiger partial charge in [-0.25, -0.2) is 0 Å². The third kappa shape index (κ3) is 2.76. The van der Waals surface area contributed by atoms with Gasteiger partial charge in [0.05, 0.1) is 6.67 Å². The summed E-state index contributed by atoms with van der Waals surface area (Å²) in [5.41, 5.74) is 0.694. The fourth-order valence-electron chi connectivity index (χ4n) is 6.10. The van der Waals surface area contributed by atoms with Crippen LogP contribution in [0.25, 0.3) is 0 Å². The molecule has 0 aliphatic carbocycles. The normalized spacial score (nSPS) is 39.9. The zero-order valence-electron chi connectivity index (χ0n) is 16.0. The lowest BCUT2D eigenvalue weighted by Gasteiger charge is -2.64. The number of hydrogen-bond donors (Lipinski definition) is 0. The van der Waals surface area contributed by atoms with Gasteiger partial charge in [-0.3, -0.25) is 19.6 Å². The molecule has 0 aromatic heterocycles. The average Bonchev–Trinajstić information content (AvgIpc) is 2.33. The van der Waals surface area contributed by atoms with Crippen LogP contribution in [0.4, 0.5) is 0 Å². The molecule has 0 saturated carbocycles. The maximum atomic E-state index is 2.76. The van der Waals surface area contributed by atoms with E-state index >= 15 is 0 Å². The Labute approximate surface area is 142 Å². The molecule has 6 rings (SSSR count). The van der Waals surface area contributed by atoms with E-state index in [1.165, 1.54) is 45.7 Å². The van der Waals surface area contributed by atoms with Crippen molar-refractivity contribution < 1.29 is 0 Å². The number of nitrogens with zero attached hydrogens (tertiary/aromatic N) is 4. The highest BCUT2D eigenvalue weighted by Crippen LogP contribution is 2.40. The number of hydrogen-bond acceptors (Lipinski definition) is 4.